The van der Waals surface area contributed by atoms with Gasteiger partial charge in [0.05, 0.1) is 28.5 Å². The second-order valence-corrected chi connectivity index (χ2v) is 4.69. The third kappa shape index (κ3) is 4.79. The number of nitrogens with zero attached hydrogens (tertiary/aromatic N) is 2. The van der Waals surface area contributed by atoms with E-state index in [2.05, 4.69) is 0 Å². The van der Waals surface area contributed by atoms with Crippen molar-refractivity contribution in [3.63, 3.8) is 0 Å². The molecule has 1 rings (SSSR count). The number of esters is 1. The number of hydrogen-bond donors (Lipinski definition) is 0. The Kier molecular flexibility index (Phi) is 6.41. The van der Waals surface area contributed by atoms with Gasteiger partial charge in [0.25, 0.3) is 5.69 Å². The third-order valence-corrected chi connectivity index (χ3v) is 3.08. The average molecular weight is 301 g/mol. The summed E-state index contributed by atoms with van der Waals surface area (Å²) in [5, 5.41) is 11.3. The van der Waals surface area contributed by atoms with Crippen LogP contribution in [0, 0.1) is 10.1 Å². The van der Waals surface area contributed by atoms with Gasteiger partial charge >= 0.3 is 5.97 Å². The van der Waals surface area contributed by atoms with Gasteiger partial charge in [0, 0.05) is 19.2 Å². The zero-order chi connectivity index (χ0) is 15.1. The standard InChI is InChI=1S/C13H17ClN2O4/c1-3-20-13(17)7-8-15(2)9-10-11(14)5-4-6-12(10)16(18)19/h4-6H,3,7-9H2,1-2H3. The quantitative estimate of drug-likeness (QED) is 0.440. The maximum atomic E-state index is 11.3. The average Bonchev–Trinajstić information content (AvgIpc) is 2.39. The molecule has 0 radical (unpaired) electrons. The van der Waals surface area contributed by atoms with Crippen LogP contribution in [0.3, 0.4) is 0 Å². The van der Waals surface area contributed by atoms with Crippen LogP contribution in [0.5, 0.6) is 0 Å². The molecule has 0 heterocycles. The van der Waals surface area contributed by atoms with Crippen LogP contribution in [-0.2, 0) is 16.1 Å². The van der Waals surface area contributed by atoms with Crippen molar-refractivity contribution in [1.29, 1.82) is 0 Å². The van der Waals surface area contributed by atoms with E-state index in [1.165, 1.54) is 6.07 Å². The Hall–Kier alpha value is -1.66. The van der Waals surface area contributed by atoms with Gasteiger partial charge in [-0.2, -0.15) is 0 Å². The van der Waals surface area contributed by atoms with Gasteiger partial charge in [-0.3, -0.25) is 14.9 Å². The number of carbonyl (C=O) groups excluding carboxylic acids is 1. The summed E-state index contributed by atoms with van der Waals surface area (Å²) in [7, 11) is 1.77. The lowest BCUT2D eigenvalue weighted by Gasteiger charge is -2.16. The summed E-state index contributed by atoms with van der Waals surface area (Å²) >= 11 is 6.01. The highest BCUT2D eigenvalue weighted by Gasteiger charge is 2.18. The van der Waals surface area contributed by atoms with Crippen molar-refractivity contribution in [2.45, 2.75) is 19.9 Å². The fraction of sp³-hybridized carbons (Fsp3) is 0.462. The van der Waals surface area contributed by atoms with Crippen molar-refractivity contribution in [3.8, 4) is 0 Å². The molecular formula is C13H17ClN2O4. The van der Waals surface area contributed by atoms with E-state index in [-0.39, 0.29) is 18.1 Å². The van der Waals surface area contributed by atoms with E-state index < -0.39 is 4.92 Å². The van der Waals surface area contributed by atoms with E-state index in [4.69, 9.17) is 16.3 Å². The summed E-state index contributed by atoms with van der Waals surface area (Å²) < 4.78 is 4.83. The predicted molar refractivity (Wildman–Crippen MR) is 75.7 cm³/mol. The summed E-state index contributed by atoms with van der Waals surface area (Å²) in [6.07, 6.45) is 0.239. The molecule has 0 atom stereocenters. The first-order chi connectivity index (χ1) is 9.45. The normalized spacial score (nSPS) is 10.6. The zero-order valence-electron chi connectivity index (χ0n) is 11.5. The van der Waals surface area contributed by atoms with Gasteiger partial charge < -0.3 is 9.64 Å². The van der Waals surface area contributed by atoms with Gasteiger partial charge in [0.15, 0.2) is 0 Å². The number of rotatable bonds is 7. The molecule has 1 aromatic rings. The van der Waals surface area contributed by atoms with Gasteiger partial charge in [-0.25, -0.2) is 0 Å². The molecule has 0 amide bonds. The summed E-state index contributed by atoms with van der Waals surface area (Å²) in [5.41, 5.74) is 0.436. The molecule has 0 fully saturated rings. The molecule has 0 bridgehead atoms. The highest BCUT2D eigenvalue weighted by molar-refractivity contribution is 6.31. The first-order valence-corrected chi connectivity index (χ1v) is 6.59. The Bertz CT molecular complexity index is 493. The van der Waals surface area contributed by atoms with Gasteiger partial charge in [0.1, 0.15) is 0 Å². The number of benzene rings is 1. The van der Waals surface area contributed by atoms with E-state index in [1.54, 1.807) is 31.0 Å². The fourth-order valence-electron chi connectivity index (χ4n) is 1.74. The first kappa shape index (κ1) is 16.4. The highest BCUT2D eigenvalue weighted by Crippen LogP contribution is 2.27. The molecule has 20 heavy (non-hydrogen) atoms. The maximum Gasteiger partial charge on any atom is 0.307 e. The predicted octanol–water partition coefficient (Wildman–Crippen LogP) is 2.63. The van der Waals surface area contributed by atoms with Gasteiger partial charge in [0.2, 0.25) is 0 Å². The number of hydrogen-bond acceptors (Lipinski definition) is 5. The number of nitro groups is 1. The van der Waals surface area contributed by atoms with Gasteiger partial charge in [-0.15, -0.1) is 0 Å². The van der Waals surface area contributed by atoms with Crippen LogP contribution < -0.4 is 0 Å². The van der Waals surface area contributed by atoms with Crippen LogP contribution in [0.25, 0.3) is 0 Å². The lowest BCUT2D eigenvalue weighted by molar-refractivity contribution is -0.385. The van der Waals surface area contributed by atoms with E-state index in [0.717, 1.165) is 0 Å². The molecule has 0 aliphatic rings. The van der Waals surface area contributed by atoms with E-state index in [1.807, 2.05) is 0 Å². The number of nitro benzene ring substituents is 1. The minimum absolute atomic E-state index is 0.0134. The summed E-state index contributed by atoms with van der Waals surface area (Å²) in [4.78, 5) is 23.6. The molecule has 110 valence electrons. The molecule has 0 aliphatic carbocycles. The number of carbonyl (C=O) groups is 1. The van der Waals surface area contributed by atoms with Crippen molar-refractivity contribution in [1.82, 2.24) is 4.90 Å². The first-order valence-electron chi connectivity index (χ1n) is 6.21. The molecule has 1 aromatic carbocycles. The monoisotopic (exact) mass is 300 g/mol. The largest absolute Gasteiger partial charge is 0.466 e. The molecule has 0 saturated heterocycles. The lowest BCUT2D eigenvalue weighted by Crippen LogP contribution is -2.23. The van der Waals surface area contributed by atoms with Crippen LogP contribution in [0.4, 0.5) is 5.69 Å². The van der Waals surface area contributed by atoms with E-state index in [0.29, 0.717) is 30.3 Å². The zero-order valence-corrected chi connectivity index (χ0v) is 12.2. The van der Waals surface area contributed by atoms with Crippen LogP contribution in [-0.4, -0.2) is 36.0 Å². The molecule has 0 aliphatic heterocycles. The second-order valence-electron chi connectivity index (χ2n) is 4.29. The smallest absolute Gasteiger partial charge is 0.307 e. The van der Waals surface area contributed by atoms with Gasteiger partial charge in [-0.05, 0) is 20.0 Å². The van der Waals surface area contributed by atoms with Crippen molar-refractivity contribution in [3.05, 3.63) is 38.9 Å². The molecule has 0 spiro atoms. The Labute approximate surface area is 122 Å². The van der Waals surface area contributed by atoms with Crippen LogP contribution >= 0.6 is 11.6 Å². The summed E-state index contributed by atoms with van der Waals surface area (Å²) in [6.45, 7) is 2.84. The Morgan fingerprint density at radius 1 is 1.50 bits per heavy atom. The lowest BCUT2D eigenvalue weighted by atomic mass is 10.1. The fourth-order valence-corrected chi connectivity index (χ4v) is 1.97. The van der Waals surface area contributed by atoms with Crippen LogP contribution in [0.2, 0.25) is 5.02 Å². The molecule has 0 N–H and O–H groups in total. The Morgan fingerprint density at radius 2 is 2.20 bits per heavy atom. The molecule has 7 heteroatoms. The molecule has 0 aromatic heterocycles. The summed E-state index contributed by atoms with van der Waals surface area (Å²) in [5.74, 6) is -0.284. The van der Waals surface area contributed by atoms with Crippen molar-refractivity contribution in [2.24, 2.45) is 0 Å². The van der Waals surface area contributed by atoms with Crippen molar-refractivity contribution in [2.75, 3.05) is 20.2 Å². The molecule has 0 unspecified atom stereocenters. The molecular weight excluding hydrogens is 284 g/mol. The van der Waals surface area contributed by atoms with Crippen molar-refractivity contribution < 1.29 is 14.5 Å². The highest BCUT2D eigenvalue weighted by atomic mass is 35.5. The maximum absolute atomic E-state index is 11.3. The topological polar surface area (TPSA) is 72.7 Å². The Morgan fingerprint density at radius 3 is 2.80 bits per heavy atom. The molecule has 0 saturated carbocycles. The van der Waals surface area contributed by atoms with E-state index in [9.17, 15) is 14.9 Å². The van der Waals surface area contributed by atoms with Gasteiger partial charge in [-0.1, -0.05) is 17.7 Å². The minimum Gasteiger partial charge on any atom is -0.466 e. The Balaban J connectivity index is 2.68. The van der Waals surface area contributed by atoms with Crippen LogP contribution in [0.15, 0.2) is 18.2 Å². The molecule has 6 nitrogen and oxygen atoms in total. The number of ether oxygens (including phenoxy) is 1. The summed E-state index contributed by atoms with van der Waals surface area (Å²) in [6, 6.07) is 4.58. The van der Waals surface area contributed by atoms with E-state index >= 15 is 0 Å². The minimum atomic E-state index is -0.458. The third-order valence-electron chi connectivity index (χ3n) is 2.72. The second kappa shape index (κ2) is 7.81. The van der Waals surface area contributed by atoms with Crippen LogP contribution in [0.1, 0.15) is 18.9 Å². The number of halogens is 1. The van der Waals surface area contributed by atoms with Crippen molar-refractivity contribution >= 4 is 23.3 Å². The SMILES string of the molecule is CCOC(=O)CCN(C)Cc1c(Cl)cccc1[N+](=O)[O-].